The molecule has 9 heteroatoms. The number of anilines is 3. The zero-order chi connectivity index (χ0) is 28.6. The van der Waals surface area contributed by atoms with E-state index in [2.05, 4.69) is 15.5 Å². The van der Waals surface area contributed by atoms with Gasteiger partial charge in [0.25, 0.3) is 0 Å². The van der Waals surface area contributed by atoms with Crippen LogP contribution in [0.15, 0.2) is 78.6 Å². The van der Waals surface area contributed by atoms with Crippen molar-refractivity contribution in [3.05, 3.63) is 95.6 Å². The smallest absolute Gasteiger partial charge is 0.335 e. The number of likely N-dealkylation sites (N-methyl/N-ethyl adjacent to an activating group) is 1. The molecule has 1 saturated heterocycles. The second kappa shape index (κ2) is 13.0. The van der Waals surface area contributed by atoms with Gasteiger partial charge in [0.15, 0.2) is 0 Å². The Morgan fingerprint density at radius 3 is 2.50 bits per heavy atom. The number of carboxylic acids is 1. The molecule has 1 atom stereocenters. The molecule has 1 fully saturated rings. The van der Waals surface area contributed by atoms with Crippen LogP contribution >= 0.6 is 0 Å². The molecule has 1 aliphatic rings. The highest BCUT2D eigenvalue weighted by molar-refractivity contribution is 5.88. The van der Waals surface area contributed by atoms with Gasteiger partial charge in [-0.25, -0.2) is 9.18 Å². The molecule has 1 amide bonds. The Bertz CT molecular complexity index is 1380. The summed E-state index contributed by atoms with van der Waals surface area (Å²) in [5.74, 6) is -0.0951. The van der Waals surface area contributed by atoms with Gasteiger partial charge in [-0.1, -0.05) is 18.2 Å². The number of nitrogens with one attached hydrogen (secondary N) is 2. The van der Waals surface area contributed by atoms with E-state index >= 15 is 0 Å². The first kappa shape index (κ1) is 28.5. The van der Waals surface area contributed by atoms with E-state index in [0.29, 0.717) is 36.0 Å². The fourth-order valence-corrected chi connectivity index (χ4v) is 4.89. The molecule has 3 aromatic rings. The number of nitrogens with zero attached hydrogens (tertiary/aromatic N) is 2. The first-order valence-corrected chi connectivity index (χ1v) is 13.2. The second-order valence-electron chi connectivity index (χ2n) is 9.76. The summed E-state index contributed by atoms with van der Waals surface area (Å²) < 4.78 is 19.7. The number of benzene rings is 3. The minimum atomic E-state index is -0.955. The average Bonchev–Trinajstić information content (AvgIpc) is 3.42. The molecule has 0 aliphatic carbocycles. The third kappa shape index (κ3) is 6.91. The lowest BCUT2D eigenvalue weighted by Crippen LogP contribution is -2.43. The zero-order valence-electron chi connectivity index (χ0n) is 23.0. The summed E-state index contributed by atoms with van der Waals surface area (Å²) in [7, 11) is 3.52. The monoisotopic (exact) mass is 546 g/mol. The van der Waals surface area contributed by atoms with Gasteiger partial charge in [-0.2, -0.15) is 0 Å². The predicted octanol–water partition coefficient (Wildman–Crippen LogP) is 5.59. The predicted molar refractivity (Wildman–Crippen MR) is 156 cm³/mol. The number of carbonyl (C=O) groups is 2. The summed E-state index contributed by atoms with van der Waals surface area (Å²) in [5, 5.41) is 15.4. The summed E-state index contributed by atoms with van der Waals surface area (Å²) in [6.07, 6.45) is 3.90. The summed E-state index contributed by atoms with van der Waals surface area (Å²) >= 11 is 0. The van der Waals surface area contributed by atoms with Crippen LogP contribution in [0.5, 0.6) is 5.75 Å². The van der Waals surface area contributed by atoms with Gasteiger partial charge in [-0.05, 0) is 79.9 Å². The maximum atomic E-state index is 14.1. The van der Waals surface area contributed by atoms with Gasteiger partial charge in [0, 0.05) is 31.9 Å². The normalized spacial score (nSPS) is 15.1. The maximum absolute atomic E-state index is 14.1. The second-order valence-corrected chi connectivity index (χ2v) is 9.76. The molecule has 3 N–H and O–H groups in total. The van der Waals surface area contributed by atoms with E-state index in [0.717, 1.165) is 24.1 Å². The highest BCUT2D eigenvalue weighted by atomic mass is 19.1. The number of aromatic carboxylic acids is 1. The molecule has 3 aromatic carbocycles. The first-order valence-electron chi connectivity index (χ1n) is 13.2. The number of carboxylic acid groups (broad SMARTS) is 1. The van der Waals surface area contributed by atoms with Crippen molar-refractivity contribution in [3.8, 4) is 5.75 Å². The number of ether oxygens (including phenoxy) is 1. The molecule has 1 aliphatic heterocycles. The van der Waals surface area contributed by atoms with Gasteiger partial charge in [-0.3, -0.25) is 4.79 Å². The molecular weight excluding hydrogens is 511 g/mol. The van der Waals surface area contributed by atoms with Crippen molar-refractivity contribution in [2.24, 2.45) is 0 Å². The molecule has 0 bridgehead atoms. The quantitative estimate of drug-likeness (QED) is 0.289. The van der Waals surface area contributed by atoms with Crippen molar-refractivity contribution in [2.45, 2.75) is 32.2 Å². The van der Waals surface area contributed by atoms with Crippen molar-refractivity contribution in [1.82, 2.24) is 4.90 Å². The minimum absolute atomic E-state index is 0.0512. The van der Waals surface area contributed by atoms with Crippen LogP contribution in [0.25, 0.3) is 0 Å². The molecule has 0 aromatic heterocycles. The topological polar surface area (TPSA) is 94.1 Å². The van der Waals surface area contributed by atoms with Gasteiger partial charge < -0.3 is 30.3 Å². The molecular formula is C31H35FN4O4. The van der Waals surface area contributed by atoms with Crippen LogP contribution in [-0.4, -0.2) is 55.2 Å². The highest BCUT2D eigenvalue weighted by Gasteiger charge is 2.29. The van der Waals surface area contributed by atoms with Crippen LogP contribution < -0.4 is 20.3 Å². The molecule has 0 radical (unpaired) electrons. The molecule has 0 saturated carbocycles. The summed E-state index contributed by atoms with van der Waals surface area (Å²) in [4.78, 5) is 28.5. The Balaban J connectivity index is 1.39. The Kier molecular flexibility index (Phi) is 9.27. The van der Waals surface area contributed by atoms with Crippen LogP contribution in [0.4, 0.5) is 21.5 Å². The van der Waals surface area contributed by atoms with Gasteiger partial charge in [0.1, 0.15) is 17.4 Å². The molecule has 8 nitrogen and oxygen atoms in total. The SMILES string of the molecule is C/C=C(\Nc1ccccc1F)Nc1ccc(CC(=O)N2CCCC2CN(C)c2ccc(C(=O)O)cc2)cc1OC. The Morgan fingerprint density at radius 2 is 1.82 bits per heavy atom. The third-order valence-electron chi connectivity index (χ3n) is 7.06. The van der Waals surface area contributed by atoms with Gasteiger partial charge >= 0.3 is 5.97 Å². The molecule has 0 spiro atoms. The van der Waals surface area contributed by atoms with E-state index in [4.69, 9.17) is 9.84 Å². The standard InChI is InChI=1S/C31H35FN4O4/c1-4-29(33-26-10-6-5-9-25(26)32)34-27-16-11-21(18-28(27)40-3)19-30(37)36-17-7-8-24(36)20-35(2)23-14-12-22(13-15-23)31(38)39/h4-6,9-16,18,24,33-34H,7-8,17,19-20H2,1-3H3,(H,38,39)/b29-4+. The van der Waals surface area contributed by atoms with Crippen LogP contribution in [0.2, 0.25) is 0 Å². The lowest BCUT2D eigenvalue weighted by molar-refractivity contribution is -0.131. The van der Waals surface area contributed by atoms with Crippen LogP contribution in [0.3, 0.4) is 0 Å². The largest absolute Gasteiger partial charge is 0.495 e. The fourth-order valence-electron chi connectivity index (χ4n) is 4.89. The lowest BCUT2D eigenvalue weighted by Gasteiger charge is -2.30. The van der Waals surface area contributed by atoms with E-state index in [1.165, 1.54) is 6.07 Å². The van der Waals surface area contributed by atoms with Crippen LogP contribution in [0, 0.1) is 5.82 Å². The average molecular weight is 547 g/mol. The fraction of sp³-hybridized carbons (Fsp3) is 0.290. The maximum Gasteiger partial charge on any atom is 0.335 e. The van der Waals surface area contributed by atoms with E-state index in [-0.39, 0.29) is 29.8 Å². The third-order valence-corrected chi connectivity index (χ3v) is 7.06. The zero-order valence-corrected chi connectivity index (χ0v) is 23.0. The minimum Gasteiger partial charge on any atom is -0.495 e. The van der Waals surface area contributed by atoms with E-state index in [9.17, 15) is 14.0 Å². The Labute approximate surface area is 234 Å². The summed E-state index contributed by atoms with van der Waals surface area (Å²) in [6.45, 7) is 3.20. The Morgan fingerprint density at radius 1 is 1.10 bits per heavy atom. The van der Waals surface area contributed by atoms with Crippen LogP contribution in [0.1, 0.15) is 35.7 Å². The van der Waals surface area contributed by atoms with E-state index in [1.807, 2.05) is 37.1 Å². The van der Waals surface area contributed by atoms with Gasteiger partial charge in [-0.15, -0.1) is 0 Å². The number of amides is 1. The van der Waals surface area contributed by atoms with Gasteiger partial charge in [0.05, 0.1) is 30.5 Å². The molecule has 210 valence electrons. The highest BCUT2D eigenvalue weighted by Crippen LogP contribution is 2.29. The van der Waals surface area contributed by atoms with E-state index in [1.54, 1.807) is 55.7 Å². The number of carbonyl (C=O) groups excluding carboxylic acids is 1. The lowest BCUT2D eigenvalue weighted by atomic mass is 10.1. The number of hydrogen-bond acceptors (Lipinski definition) is 6. The van der Waals surface area contributed by atoms with Crippen molar-refractivity contribution in [2.75, 3.05) is 42.8 Å². The molecule has 1 heterocycles. The van der Waals surface area contributed by atoms with Crippen molar-refractivity contribution >= 4 is 28.9 Å². The number of allylic oxidation sites excluding steroid dienone is 1. The molecule has 4 rings (SSSR count). The number of likely N-dealkylation sites (tertiary alicyclic amines) is 1. The molecule has 40 heavy (non-hydrogen) atoms. The summed E-state index contributed by atoms with van der Waals surface area (Å²) in [5.41, 5.74) is 3.02. The first-order chi connectivity index (χ1) is 19.3. The van der Waals surface area contributed by atoms with Crippen molar-refractivity contribution < 1.29 is 23.8 Å². The number of para-hydroxylation sites is 1. The summed E-state index contributed by atoms with van der Waals surface area (Å²) in [6, 6.07) is 18.9. The Hall–Kier alpha value is -4.53. The molecule has 1 unspecified atom stereocenters. The number of rotatable bonds is 11. The van der Waals surface area contributed by atoms with Crippen molar-refractivity contribution in [3.63, 3.8) is 0 Å². The van der Waals surface area contributed by atoms with Crippen LogP contribution in [-0.2, 0) is 11.2 Å². The number of halogens is 1. The number of hydrogen-bond donors (Lipinski definition) is 3. The number of methoxy groups -OCH3 is 1. The van der Waals surface area contributed by atoms with E-state index < -0.39 is 5.97 Å². The van der Waals surface area contributed by atoms with Gasteiger partial charge in [0.2, 0.25) is 5.91 Å². The van der Waals surface area contributed by atoms with Crippen molar-refractivity contribution in [1.29, 1.82) is 0 Å².